The molecule has 21 heavy (non-hydrogen) atoms. The van der Waals surface area contributed by atoms with Crippen molar-refractivity contribution in [1.82, 2.24) is 9.62 Å². The molecule has 1 atom stereocenters. The molecule has 0 amide bonds. The summed E-state index contributed by atoms with van der Waals surface area (Å²) in [6, 6.07) is 1.29. The molecule has 1 saturated heterocycles. The fraction of sp³-hybridized carbons (Fsp3) is 0.692. The standard InChI is InChI=1S/C13H23N3O4S/c1-10(9-16-3-5-19-6-4-16)15-21(17,18)13-7-12(8-14)20-11(13)2/h7,10,15H,3-6,8-9,14H2,1-2H3. The summed E-state index contributed by atoms with van der Waals surface area (Å²) in [4.78, 5) is 2.35. The van der Waals surface area contributed by atoms with Gasteiger partial charge in [-0.3, -0.25) is 4.90 Å². The Hall–Kier alpha value is -0.930. The number of furan rings is 1. The van der Waals surface area contributed by atoms with Crippen LogP contribution in [0.25, 0.3) is 0 Å². The molecular weight excluding hydrogens is 294 g/mol. The van der Waals surface area contributed by atoms with Crippen molar-refractivity contribution in [3.8, 4) is 0 Å². The predicted molar refractivity (Wildman–Crippen MR) is 78.4 cm³/mol. The largest absolute Gasteiger partial charge is 0.464 e. The fourth-order valence-electron chi connectivity index (χ4n) is 2.43. The number of hydrogen-bond donors (Lipinski definition) is 2. The Morgan fingerprint density at radius 1 is 1.43 bits per heavy atom. The lowest BCUT2D eigenvalue weighted by atomic mass is 10.3. The van der Waals surface area contributed by atoms with E-state index in [-0.39, 0.29) is 17.5 Å². The van der Waals surface area contributed by atoms with Crippen molar-refractivity contribution in [2.45, 2.75) is 31.3 Å². The highest BCUT2D eigenvalue weighted by atomic mass is 32.2. The molecule has 0 bridgehead atoms. The Kier molecular flexibility index (Phi) is 5.39. The van der Waals surface area contributed by atoms with E-state index in [1.807, 2.05) is 6.92 Å². The summed E-state index contributed by atoms with van der Waals surface area (Å²) in [6.45, 7) is 7.36. The lowest BCUT2D eigenvalue weighted by molar-refractivity contribution is 0.0354. The number of ether oxygens (including phenoxy) is 1. The van der Waals surface area contributed by atoms with Crippen LogP contribution in [0.3, 0.4) is 0 Å². The average molecular weight is 317 g/mol. The third-order valence-corrected chi connectivity index (χ3v) is 5.10. The van der Waals surface area contributed by atoms with Crippen molar-refractivity contribution >= 4 is 10.0 Å². The number of sulfonamides is 1. The summed E-state index contributed by atoms with van der Waals surface area (Å²) < 4.78 is 38.0. The second-order valence-corrected chi connectivity index (χ2v) is 6.95. The number of morpholine rings is 1. The lowest BCUT2D eigenvalue weighted by Gasteiger charge is -2.29. The zero-order chi connectivity index (χ0) is 15.5. The van der Waals surface area contributed by atoms with Crippen LogP contribution in [0.15, 0.2) is 15.4 Å². The summed E-state index contributed by atoms with van der Waals surface area (Å²) in [5.41, 5.74) is 5.47. The Balaban J connectivity index is 2.00. The molecule has 0 spiro atoms. The minimum absolute atomic E-state index is 0.164. The normalized spacial score (nSPS) is 18.8. The van der Waals surface area contributed by atoms with Gasteiger partial charge in [0.15, 0.2) is 0 Å². The lowest BCUT2D eigenvalue weighted by Crippen LogP contribution is -2.45. The number of rotatable bonds is 6. The predicted octanol–water partition coefficient (Wildman–Crippen LogP) is 0.0457. The molecule has 3 N–H and O–H groups in total. The average Bonchev–Trinajstić information content (AvgIpc) is 2.81. The van der Waals surface area contributed by atoms with E-state index in [0.29, 0.717) is 31.3 Å². The van der Waals surface area contributed by atoms with Crippen LogP contribution >= 0.6 is 0 Å². The highest BCUT2D eigenvalue weighted by Crippen LogP contribution is 2.20. The molecule has 1 aromatic rings. The molecule has 1 aliphatic rings. The molecule has 1 fully saturated rings. The number of nitrogens with zero attached hydrogens (tertiary/aromatic N) is 1. The van der Waals surface area contributed by atoms with Gasteiger partial charge in [0, 0.05) is 31.7 Å². The molecule has 0 aromatic carbocycles. The van der Waals surface area contributed by atoms with E-state index >= 15 is 0 Å². The molecular formula is C13H23N3O4S. The fourth-order valence-corrected chi connectivity index (χ4v) is 3.87. The van der Waals surface area contributed by atoms with Crippen LogP contribution in [-0.4, -0.2) is 52.2 Å². The highest BCUT2D eigenvalue weighted by molar-refractivity contribution is 7.89. The van der Waals surface area contributed by atoms with Gasteiger partial charge in [0.05, 0.1) is 19.8 Å². The smallest absolute Gasteiger partial charge is 0.244 e. The summed E-state index contributed by atoms with van der Waals surface area (Å²) in [7, 11) is -3.59. The van der Waals surface area contributed by atoms with E-state index in [1.165, 1.54) is 6.07 Å². The van der Waals surface area contributed by atoms with Crippen molar-refractivity contribution in [3.05, 3.63) is 17.6 Å². The molecule has 1 aliphatic heterocycles. The van der Waals surface area contributed by atoms with Crippen LogP contribution in [0.5, 0.6) is 0 Å². The van der Waals surface area contributed by atoms with Gasteiger partial charge in [0.25, 0.3) is 0 Å². The van der Waals surface area contributed by atoms with Crippen LogP contribution in [-0.2, 0) is 21.3 Å². The van der Waals surface area contributed by atoms with E-state index < -0.39 is 10.0 Å². The van der Waals surface area contributed by atoms with Crippen molar-refractivity contribution in [2.75, 3.05) is 32.8 Å². The zero-order valence-corrected chi connectivity index (χ0v) is 13.3. The Morgan fingerprint density at radius 3 is 2.67 bits per heavy atom. The minimum atomic E-state index is -3.59. The maximum absolute atomic E-state index is 12.4. The molecule has 0 radical (unpaired) electrons. The monoisotopic (exact) mass is 317 g/mol. The van der Waals surface area contributed by atoms with Crippen LogP contribution in [0.1, 0.15) is 18.4 Å². The first kappa shape index (κ1) is 16.4. The molecule has 1 aromatic heterocycles. The van der Waals surface area contributed by atoms with Gasteiger partial charge in [-0.2, -0.15) is 0 Å². The third kappa shape index (κ3) is 4.27. The number of nitrogens with two attached hydrogens (primary N) is 1. The first-order valence-electron chi connectivity index (χ1n) is 7.04. The Morgan fingerprint density at radius 2 is 2.10 bits per heavy atom. The maximum atomic E-state index is 12.4. The first-order chi connectivity index (χ1) is 9.92. The molecule has 2 rings (SSSR count). The van der Waals surface area contributed by atoms with E-state index in [1.54, 1.807) is 6.92 Å². The minimum Gasteiger partial charge on any atom is -0.464 e. The van der Waals surface area contributed by atoms with Gasteiger partial charge in [0.1, 0.15) is 16.4 Å². The van der Waals surface area contributed by atoms with Gasteiger partial charge < -0.3 is 14.9 Å². The summed E-state index contributed by atoms with van der Waals surface area (Å²) >= 11 is 0. The third-order valence-electron chi connectivity index (χ3n) is 3.41. The van der Waals surface area contributed by atoms with Crippen LogP contribution in [0.4, 0.5) is 0 Å². The highest BCUT2D eigenvalue weighted by Gasteiger charge is 2.24. The van der Waals surface area contributed by atoms with Crippen LogP contribution in [0.2, 0.25) is 0 Å². The summed E-state index contributed by atoms with van der Waals surface area (Å²) in [6.07, 6.45) is 0. The molecule has 7 nitrogen and oxygen atoms in total. The van der Waals surface area contributed by atoms with Crippen molar-refractivity contribution in [3.63, 3.8) is 0 Å². The van der Waals surface area contributed by atoms with Crippen molar-refractivity contribution in [1.29, 1.82) is 0 Å². The van der Waals surface area contributed by atoms with Gasteiger partial charge in [-0.25, -0.2) is 13.1 Å². The van der Waals surface area contributed by atoms with E-state index in [0.717, 1.165) is 13.1 Å². The quantitative estimate of drug-likeness (QED) is 0.769. The van der Waals surface area contributed by atoms with E-state index in [2.05, 4.69) is 9.62 Å². The van der Waals surface area contributed by atoms with Gasteiger partial charge in [-0.05, 0) is 13.8 Å². The summed E-state index contributed by atoms with van der Waals surface area (Å²) in [5, 5.41) is 0. The number of nitrogens with one attached hydrogen (secondary N) is 1. The van der Waals surface area contributed by atoms with Gasteiger partial charge >= 0.3 is 0 Å². The Bertz CT molecular complexity index is 564. The molecule has 120 valence electrons. The molecule has 1 unspecified atom stereocenters. The van der Waals surface area contributed by atoms with Gasteiger partial charge in [-0.15, -0.1) is 0 Å². The van der Waals surface area contributed by atoms with E-state index in [4.69, 9.17) is 14.9 Å². The summed E-state index contributed by atoms with van der Waals surface area (Å²) in [5.74, 6) is 0.829. The number of aryl methyl sites for hydroxylation is 1. The van der Waals surface area contributed by atoms with Crippen molar-refractivity contribution in [2.24, 2.45) is 5.73 Å². The maximum Gasteiger partial charge on any atom is 0.244 e. The van der Waals surface area contributed by atoms with Crippen molar-refractivity contribution < 1.29 is 17.6 Å². The van der Waals surface area contributed by atoms with Crippen LogP contribution in [0, 0.1) is 6.92 Å². The second kappa shape index (κ2) is 6.89. The first-order valence-corrected chi connectivity index (χ1v) is 8.52. The van der Waals surface area contributed by atoms with Gasteiger partial charge in [0.2, 0.25) is 10.0 Å². The molecule has 8 heteroatoms. The molecule has 2 heterocycles. The zero-order valence-electron chi connectivity index (χ0n) is 12.5. The van der Waals surface area contributed by atoms with Crippen LogP contribution < -0.4 is 10.5 Å². The topological polar surface area (TPSA) is 97.8 Å². The van der Waals surface area contributed by atoms with Gasteiger partial charge in [-0.1, -0.05) is 0 Å². The molecule has 0 aliphatic carbocycles. The van der Waals surface area contributed by atoms with E-state index in [9.17, 15) is 8.42 Å². The second-order valence-electron chi connectivity index (χ2n) is 5.27. The number of hydrogen-bond acceptors (Lipinski definition) is 6. The molecule has 0 saturated carbocycles. The SMILES string of the molecule is Cc1oc(CN)cc1S(=O)(=O)NC(C)CN1CCOCC1. The Labute approximate surface area is 125 Å².